The molecule has 0 aliphatic carbocycles. The average Bonchev–Trinajstić information content (AvgIpc) is 2.67. The highest BCUT2D eigenvalue weighted by Crippen LogP contribution is 2.31. The number of aliphatic hydroxyl groups is 1. The van der Waals surface area contributed by atoms with Crippen molar-refractivity contribution >= 4 is 5.91 Å². The number of aliphatic hydroxyl groups excluding tert-OH is 1. The second kappa shape index (κ2) is 5.02. The summed E-state index contributed by atoms with van der Waals surface area (Å²) in [4.78, 5) is 13.1. The Labute approximate surface area is 104 Å². The van der Waals surface area contributed by atoms with Crippen LogP contribution in [0.4, 0.5) is 8.78 Å². The molecule has 1 fully saturated rings. The maximum atomic E-state index is 12.7. The van der Waals surface area contributed by atoms with E-state index in [1.807, 2.05) is 30.3 Å². The van der Waals surface area contributed by atoms with Gasteiger partial charge in [0.2, 0.25) is 6.43 Å². The Balaban J connectivity index is 2.18. The Bertz CT molecular complexity index is 424. The molecule has 5 heteroatoms. The van der Waals surface area contributed by atoms with Crippen molar-refractivity contribution in [3.05, 3.63) is 35.9 Å². The molecule has 1 aromatic carbocycles. The number of carbonyl (C=O) groups is 1. The Morgan fingerprint density at radius 1 is 1.33 bits per heavy atom. The zero-order valence-corrected chi connectivity index (χ0v) is 9.96. The van der Waals surface area contributed by atoms with Gasteiger partial charge in [-0.25, -0.2) is 8.78 Å². The third kappa shape index (κ3) is 2.22. The maximum absolute atomic E-state index is 12.7. The zero-order chi connectivity index (χ0) is 13.3. The minimum Gasteiger partial charge on any atom is -0.383 e. The number of alkyl halides is 2. The average molecular weight is 255 g/mol. The van der Waals surface area contributed by atoms with Crippen LogP contribution in [0, 0.1) is 5.92 Å². The second-order valence-electron chi connectivity index (χ2n) is 4.52. The van der Waals surface area contributed by atoms with E-state index in [9.17, 15) is 18.7 Å². The SMILES string of the molecule is C[C@H](c1ccccc1)N1CC(C(F)F)C(O)C1=O. The number of carbonyl (C=O) groups excluding carboxylic acids is 1. The van der Waals surface area contributed by atoms with Crippen molar-refractivity contribution in [1.29, 1.82) is 0 Å². The molecule has 98 valence electrons. The number of rotatable bonds is 3. The maximum Gasteiger partial charge on any atom is 0.252 e. The highest BCUT2D eigenvalue weighted by Gasteiger charge is 2.45. The molecule has 1 aromatic rings. The smallest absolute Gasteiger partial charge is 0.252 e. The summed E-state index contributed by atoms with van der Waals surface area (Å²) in [5.41, 5.74) is 0.868. The van der Waals surface area contributed by atoms with E-state index in [1.165, 1.54) is 4.90 Å². The van der Waals surface area contributed by atoms with Crippen molar-refractivity contribution in [3.8, 4) is 0 Å². The zero-order valence-electron chi connectivity index (χ0n) is 9.96. The Morgan fingerprint density at radius 2 is 1.94 bits per heavy atom. The summed E-state index contributed by atoms with van der Waals surface area (Å²) in [6.45, 7) is 1.67. The largest absolute Gasteiger partial charge is 0.383 e. The summed E-state index contributed by atoms with van der Waals surface area (Å²) in [6, 6.07) is 8.86. The molecule has 1 N–H and O–H groups in total. The fourth-order valence-electron chi connectivity index (χ4n) is 2.25. The van der Waals surface area contributed by atoms with Crippen molar-refractivity contribution in [3.63, 3.8) is 0 Å². The van der Waals surface area contributed by atoms with E-state index in [1.54, 1.807) is 6.92 Å². The summed E-state index contributed by atoms with van der Waals surface area (Å²) in [5, 5.41) is 9.52. The van der Waals surface area contributed by atoms with Gasteiger partial charge in [0.25, 0.3) is 5.91 Å². The van der Waals surface area contributed by atoms with Crippen molar-refractivity contribution in [1.82, 2.24) is 4.90 Å². The van der Waals surface area contributed by atoms with Gasteiger partial charge in [-0.15, -0.1) is 0 Å². The first-order valence-corrected chi connectivity index (χ1v) is 5.84. The van der Waals surface area contributed by atoms with Crippen LogP contribution in [0.15, 0.2) is 30.3 Å². The number of benzene rings is 1. The first-order valence-electron chi connectivity index (χ1n) is 5.84. The van der Waals surface area contributed by atoms with E-state index in [0.29, 0.717) is 0 Å². The standard InChI is InChI=1S/C13H15F2NO2/c1-8(9-5-3-2-4-6-9)16-7-10(12(14)15)11(17)13(16)18/h2-6,8,10-12,17H,7H2,1H3/t8-,10?,11?/m1/s1. The number of nitrogens with zero attached hydrogens (tertiary/aromatic N) is 1. The van der Waals surface area contributed by atoms with E-state index in [2.05, 4.69) is 0 Å². The van der Waals surface area contributed by atoms with Crippen molar-refractivity contribution in [2.24, 2.45) is 5.92 Å². The van der Waals surface area contributed by atoms with Crippen LogP contribution in [0.1, 0.15) is 18.5 Å². The molecule has 1 aliphatic heterocycles. The van der Waals surface area contributed by atoms with Gasteiger partial charge in [0.1, 0.15) is 6.10 Å². The predicted molar refractivity (Wildman–Crippen MR) is 62.1 cm³/mol. The minimum atomic E-state index is -2.68. The number of hydrogen-bond acceptors (Lipinski definition) is 2. The molecule has 3 nitrogen and oxygen atoms in total. The highest BCUT2D eigenvalue weighted by atomic mass is 19.3. The molecule has 0 spiro atoms. The highest BCUT2D eigenvalue weighted by molar-refractivity contribution is 5.83. The van der Waals surface area contributed by atoms with Gasteiger partial charge in [0.15, 0.2) is 0 Å². The first kappa shape index (κ1) is 13.0. The first-order chi connectivity index (χ1) is 8.52. The van der Waals surface area contributed by atoms with Gasteiger partial charge in [-0.3, -0.25) is 4.79 Å². The Hall–Kier alpha value is -1.49. The van der Waals surface area contributed by atoms with E-state index in [0.717, 1.165) is 5.56 Å². The third-order valence-corrected chi connectivity index (χ3v) is 3.42. The van der Waals surface area contributed by atoms with Crippen LogP contribution < -0.4 is 0 Å². The van der Waals surface area contributed by atoms with Gasteiger partial charge in [-0.05, 0) is 12.5 Å². The molecule has 2 unspecified atom stereocenters. The van der Waals surface area contributed by atoms with E-state index in [4.69, 9.17) is 0 Å². The van der Waals surface area contributed by atoms with E-state index >= 15 is 0 Å². The monoisotopic (exact) mass is 255 g/mol. The normalized spacial score (nSPS) is 25.8. The Morgan fingerprint density at radius 3 is 2.44 bits per heavy atom. The summed E-state index contributed by atoms with van der Waals surface area (Å²) in [5.74, 6) is -1.90. The molecule has 0 aromatic heterocycles. The van der Waals surface area contributed by atoms with Crippen LogP contribution in [-0.2, 0) is 4.79 Å². The number of hydrogen-bond donors (Lipinski definition) is 1. The quantitative estimate of drug-likeness (QED) is 0.895. The molecule has 18 heavy (non-hydrogen) atoms. The molecular formula is C13H15F2NO2. The summed E-state index contributed by atoms with van der Waals surface area (Å²) < 4.78 is 25.3. The van der Waals surface area contributed by atoms with Crippen LogP contribution in [0.5, 0.6) is 0 Å². The van der Waals surface area contributed by atoms with Crippen molar-refractivity contribution in [2.75, 3.05) is 6.54 Å². The molecule has 0 radical (unpaired) electrons. The lowest BCUT2D eigenvalue weighted by atomic mass is 10.1. The van der Waals surface area contributed by atoms with Gasteiger partial charge < -0.3 is 10.0 Å². The van der Waals surface area contributed by atoms with Gasteiger partial charge in [0, 0.05) is 6.54 Å². The van der Waals surface area contributed by atoms with E-state index < -0.39 is 24.4 Å². The van der Waals surface area contributed by atoms with Gasteiger partial charge in [-0.1, -0.05) is 30.3 Å². The topological polar surface area (TPSA) is 40.5 Å². The van der Waals surface area contributed by atoms with Gasteiger partial charge in [-0.2, -0.15) is 0 Å². The minimum absolute atomic E-state index is 0.103. The van der Waals surface area contributed by atoms with Gasteiger partial charge >= 0.3 is 0 Å². The molecule has 0 saturated carbocycles. The summed E-state index contributed by atoms with van der Waals surface area (Å²) in [7, 11) is 0. The molecule has 1 aliphatic rings. The summed E-state index contributed by atoms with van der Waals surface area (Å²) >= 11 is 0. The van der Waals surface area contributed by atoms with Crippen LogP contribution in [-0.4, -0.2) is 35.0 Å². The van der Waals surface area contributed by atoms with Crippen LogP contribution in [0.3, 0.4) is 0 Å². The molecule has 1 amide bonds. The van der Waals surface area contributed by atoms with Crippen LogP contribution >= 0.6 is 0 Å². The fraction of sp³-hybridized carbons (Fsp3) is 0.462. The lowest BCUT2D eigenvalue weighted by Crippen LogP contribution is -2.32. The predicted octanol–water partition coefficient (Wildman–Crippen LogP) is 1.83. The lowest BCUT2D eigenvalue weighted by molar-refractivity contribution is -0.137. The van der Waals surface area contributed by atoms with Crippen LogP contribution in [0.25, 0.3) is 0 Å². The molecule has 3 atom stereocenters. The Kier molecular flexibility index (Phi) is 3.61. The molecular weight excluding hydrogens is 240 g/mol. The van der Waals surface area contributed by atoms with Gasteiger partial charge in [0.05, 0.1) is 12.0 Å². The third-order valence-electron chi connectivity index (χ3n) is 3.42. The second-order valence-corrected chi connectivity index (χ2v) is 4.52. The number of likely N-dealkylation sites (tertiary alicyclic amines) is 1. The fourth-order valence-corrected chi connectivity index (χ4v) is 2.25. The molecule has 1 saturated heterocycles. The number of amides is 1. The lowest BCUT2D eigenvalue weighted by Gasteiger charge is -2.25. The molecule has 2 rings (SSSR count). The summed E-state index contributed by atoms with van der Waals surface area (Å²) in [6.07, 6.45) is -4.27. The van der Waals surface area contributed by atoms with Crippen molar-refractivity contribution in [2.45, 2.75) is 25.5 Å². The van der Waals surface area contributed by atoms with Crippen molar-refractivity contribution < 1.29 is 18.7 Å². The molecule has 1 heterocycles. The molecule has 0 bridgehead atoms. The van der Waals surface area contributed by atoms with Crippen LogP contribution in [0.2, 0.25) is 0 Å². The van der Waals surface area contributed by atoms with E-state index in [-0.39, 0.29) is 12.6 Å². The number of halogens is 2.